The Kier molecular flexibility index (Phi) is 6.16. The third-order valence-corrected chi connectivity index (χ3v) is 2.04. The van der Waals surface area contributed by atoms with E-state index in [1.807, 2.05) is 0 Å². The number of carbonyl (C=O) groups is 3. The van der Waals surface area contributed by atoms with Gasteiger partial charge in [-0.3, -0.25) is 4.90 Å². The average molecular weight is 304 g/mol. The second-order valence-electron chi connectivity index (χ2n) is 6.46. The number of ether oxygens (including phenoxy) is 2. The van der Waals surface area contributed by atoms with Gasteiger partial charge in [0.2, 0.25) is 6.04 Å². The standard InChI is InChI=1S/C13H24N2O6/c1-12(2,3)19-9(16)8(10(17)21-14)15(7)11(18)20-13(4,5)6/h8H,14H2,1-7H3. The zero-order chi connectivity index (χ0) is 17.0. The number of nitrogens with two attached hydrogens (primary N) is 1. The molecule has 0 saturated heterocycles. The summed E-state index contributed by atoms with van der Waals surface area (Å²) in [5.74, 6) is 2.74. The van der Waals surface area contributed by atoms with E-state index in [0.717, 1.165) is 4.90 Å². The first-order chi connectivity index (χ1) is 9.28. The van der Waals surface area contributed by atoms with Crippen LogP contribution in [0, 0.1) is 0 Å². The minimum atomic E-state index is -1.64. The summed E-state index contributed by atoms with van der Waals surface area (Å²) in [5.41, 5.74) is -1.62. The Bertz CT molecular complexity index is 408. The van der Waals surface area contributed by atoms with Gasteiger partial charge in [0, 0.05) is 7.05 Å². The third kappa shape index (κ3) is 6.94. The second kappa shape index (κ2) is 6.75. The first kappa shape index (κ1) is 19.2. The van der Waals surface area contributed by atoms with Gasteiger partial charge >= 0.3 is 18.0 Å². The fraction of sp³-hybridized carbons (Fsp3) is 0.769. The van der Waals surface area contributed by atoms with Crippen LogP contribution in [-0.4, -0.2) is 47.2 Å². The largest absolute Gasteiger partial charge is 0.458 e. The third-order valence-electron chi connectivity index (χ3n) is 2.04. The summed E-state index contributed by atoms with van der Waals surface area (Å²) in [6, 6.07) is -1.64. The maximum atomic E-state index is 12.0. The van der Waals surface area contributed by atoms with Crippen molar-refractivity contribution < 1.29 is 28.7 Å². The van der Waals surface area contributed by atoms with E-state index in [4.69, 9.17) is 15.4 Å². The number of esters is 1. The monoisotopic (exact) mass is 304 g/mol. The summed E-state index contributed by atoms with van der Waals surface area (Å²) in [5, 5.41) is 0. The van der Waals surface area contributed by atoms with Crippen molar-refractivity contribution in [2.75, 3.05) is 7.05 Å². The van der Waals surface area contributed by atoms with Crippen molar-refractivity contribution in [2.24, 2.45) is 5.90 Å². The van der Waals surface area contributed by atoms with E-state index in [2.05, 4.69) is 4.84 Å². The highest BCUT2D eigenvalue weighted by molar-refractivity contribution is 6.01. The molecule has 0 spiro atoms. The number of likely N-dealkylation sites (N-methyl/N-ethyl adjacent to an activating group) is 1. The van der Waals surface area contributed by atoms with E-state index in [1.165, 1.54) is 7.05 Å². The molecule has 0 aromatic carbocycles. The lowest BCUT2D eigenvalue weighted by Gasteiger charge is -2.29. The van der Waals surface area contributed by atoms with Crippen LogP contribution in [0.4, 0.5) is 4.79 Å². The summed E-state index contributed by atoms with van der Waals surface area (Å²) >= 11 is 0. The normalized spacial score (nSPS) is 13.1. The molecule has 0 fully saturated rings. The van der Waals surface area contributed by atoms with Crippen molar-refractivity contribution in [3.63, 3.8) is 0 Å². The van der Waals surface area contributed by atoms with E-state index < -0.39 is 35.3 Å². The molecule has 0 aliphatic rings. The van der Waals surface area contributed by atoms with Crippen LogP contribution in [0.15, 0.2) is 0 Å². The van der Waals surface area contributed by atoms with Gasteiger partial charge in [-0.25, -0.2) is 14.4 Å². The highest BCUT2D eigenvalue weighted by Gasteiger charge is 2.40. The Morgan fingerprint density at radius 3 is 1.67 bits per heavy atom. The van der Waals surface area contributed by atoms with Gasteiger partial charge in [0.15, 0.2) is 0 Å². The second-order valence-corrected chi connectivity index (χ2v) is 6.46. The summed E-state index contributed by atoms with van der Waals surface area (Å²) in [6.07, 6.45) is -0.872. The molecule has 0 radical (unpaired) electrons. The number of amides is 1. The van der Waals surface area contributed by atoms with Crippen LogP contribution in [0.1, 0.15) is 41.5 Å². The van der Waals surface area contributed by atoms with Gasteiger partial charge in [-0.1, -0.05) is 0 Å². The van der Waals surface area contributed by atoms with Crippen LogP contribution in [0.5, 0.6) is 0 Å². The Morgan fingerprint density at radius 2 is 1.33 bits per heavy atom. The van der Waals surface area contributed by atoms with Crippen LogP contribution in [0.2, 0.25) is 0 Å². The maximum Gasteiger partial charge on any atom is 0.411 e. The molecular formula is C13H24N2O6. The van der Waals surface area contributed by atoms with Crippen molar-refractivity contribution in [3.05, 3.63) is 0 Å². The van der Waals surface area contributed by atoms with Gasteiger partial charge < -0.3 is 14.3 Å². The topological polar surface area (TPSA) is 108 Å². The molecule has 1 unspecified atom stereocenters. The molecule has 0 aromatic heterocycles. The number of rotatable bonds is 3. The summed E-state index contributed by atoms with van der Waals surface area (Å²) in [6.45, 7) is 9.85. The Labute approximate surface area is 124 Å². The molecule has 0 rings (SSSR count). The number of carbonyl (C=O) groups excluding carboxylic acids is 3. The zero-order valence-corrected chi connectivity index (χ0v) is 13.6. The molecule has 0 aromatic rings. The van der Waals surface area contributed by atoms with Gasteiger partial charge in [-0.2, -0.15) is 5.90 Å². The van der Waals surface area contributed by atoms with E-state index in [0.29, 0.717) is 0 Å². The van der Waals surface area contributed by atoms with Crippen LogP contribution in [0.25, 0.3) is 0 Å². The smallest absolute Gasteiger partial charge is 0.411 e. The molecule has 0 bridgehead atoms. The first-order valence-electron chi connectivity index (χ1n) is 6.38. The van der Waals surface area contributed by atoms with Gasteiger partial charge in [-0.15, -0.1) is 0 Å². The van der Waals surface area contributed by atoms with Crippen molar-refractivity contribution >= 4 is 18.0 Å². The molecule has 8 heteroatoms. The zero-order valence-electron chi connectivity index (χ0n) is 13.6. The Balaban J connectivity index is 5.20. The van der Waals surface area contributed by atoms with Crippen LogP contribution >= 0.6 is 0 Å². The van der Waals surface area contributed by atoms with E-state index >= 15 is 0 Å². The molecule has 122 valence electrons. The minimum absolute atomic E-state index is 0.781. The van der Waals surface area contributed by atoms with Crippen molar-refractivity contribution in [1.82, 2.24) is 4.90 Å². The molecule has 0 heterocycles. The molecule has 0 aliphatic carbocycles. The predicted octanol–water partition coefficient (Wildman–Crippen LogP) is 0.981. The van der Waals surface area contributed by atoms with Gasteiger partial charge in [0.05, 0.1) is 0 Å². The lowest BCUT2D eigenvalue weighted by Crippen LogP contribution is -2.52. The molecular weight excluding hydrogens is 280 g/mol. The fourth-order valence-electron chi connectivity index (χ4n) is 1.27. The molecule has 2 N–H and O–H groups in total. The highest BCUT2D eigenvalue weighted by Crippen LogP contribution is 2.15. The molecule has 0 saturated carbocycles. The molecule has 21 heavy (non-hydrogen) atoms. The molecule has 1 atom stereocenters. The quantitative estimate of drug-likeness (QED) is 0.470. The van der Waals surface area contributed by atoms with Crippen LogP contribution in [-0.2, 0) is 23.9 Å². The highest BCUT2D eigenvalue weighted by atomic mass is 16.7. The van der Waals surface area contributed by atoms with Gasteiger partial charge in [-0.05, 0) is 41.5 Å². The van der Waals surface area contributed by atoms with Crippen molar-refractivity contribution in [2.45, 2.75) is 58.8 Å². The summed E-state index contributed by atoms with van der Waals surface area (Å²) < 4.78 is 10.2. The van der Waals surface area contributed by atoms with Crippen LogP contribution < -0.4 is 5.90 Å². The summed E-state index contributed by atoms with van der Waals surface area (Å²) in [7, 11) is 1.22. The molecule has 0 aliphatic heterocycles. The van der Waals surface area contributed by atoms with E-state index in [1.54, 1.807) is 41.5 Å². The number of nitrogens with zero attached hydrogens (tertiary/aromatic N) is 1. The Hall–Kier alpha value is -1.83. The minimum Gasteiger partial charge on any atom is -0.458 e. The fourth-order valence-corrected chi connectivity index (χ4v) is 1.27. The van der Waals surface area contributed by atoms with E-state index in [-0.39, 0.29) is 0 Å². The Morgan fingerprint density at radius 1 is 0.905 bits per heavy atom. The number of hydrogen-bond acceptors (Lipinski definition) is 7. The molecule has 1 amide bonds. The van der Waals surface area contributed by atoms with Gasteiger partial charge in [0.1, 0.15) is 11.2 Å². The van der Waals surface area contributed by atoms with Crippen LogP contribution in [0.3, 0.4) is 0 Å². The predicted molar refractivity (Wildman–Crippen MR) is 73.9 cm³/mol. The first-order valence-corrected chi connectivity index (χ1v) is 6.38. The maximum absolute atomic E-state index is 12.0. The van der Waals surface area contributed by atoms with Crippen molar-refractivity contribution in [1.29, 1.82) is 0 Å². The average Bonchev–Trinajstić information content (AvgIpc) is 2.23. The van der Waals surface area contributed by atoms with Crippen molar-refractivity contribution in [3.8, 4) is 0 Å². The lowest BCUT2D eigenvalue weighted by molar-refractivity contribution is -0.170. The molecule has 8 nitrogen and oxygen atoms in total. The lowest BCUT2D eigenvalue weighted by atomic mass is 10.2. The number of hydrogen-bond donors (Lipinski definition) is 1. The summed E-state index contributed by atoms with van der Waals surface area (Å²) in [4.78, 5) is 40.5. The van der Waals surface area contributed by atoms with Gasteiger partial charge in [0.25, 0.3) is 0 Å². The van der Waals surface area contributed by atoms with E-state index in [9.17, 15) is 14.4 Å². The SMILES string of the molecule is CN(C(=O)OC(C)(C)C)C(C(=O)ON)C(=O)OC(C)(C)C.